The number of hydrogen-bond acceptors (Lipinski definition) is 7. The van der Waals surface area contributed by atoms with Crippen LogP contribution >= 0.6 is 0 Å². The summed E-state index contributed by atoms with van der Waals surface area (Å²) in [6.07, 6.45) is 0. The molecule has 0 radical (unpaired) electrons. The summed E-state index contributed by atoms with van der Waals surface area (Å²) in [4.78, 5) is 35.7. The summed E-state index contributed by atoms with van der Waals surface area (Å²) in [6, 6.07) is 21.2. The Bertz CT molecular complexity index is 1640. The molecule has 0 atom stereocenters. The second-order valence-corrected chi connectivity index (χ2v) is 9.28. The van der Waals surface area contributed by atoms with Crippen LogP contribution in [0.25, 0.3) is 21.9 Å². The maximum Gasteiger partial charge on any atom is 0.343 e. The summed E-state index contributed by atoms with van der Waals surface area (Å²) in [5.74, 6) is -1.34. The van der Waals surface area contributed by atoms with Crippen LogP contribution < -0.4 is 9.47 Å². The number of hydrogen-bond donors (Lipinski definition) is 0. The van der Waals surface area contributed by atoms with Gasteiger partial charge in [-0.05, 0) is 90.3 Å². The van der Waals surface area contributed by atoms with Crippen molar-refractivity contribution in [1.82, 2.24) is 0 Å². The zero-order valence-corrected chi connectivity index (χ0v) is 22.6. The van der Waals surface area contributed by atoms with Crippen molar-refractivity contribution in [2.75, 3.05) is 6.79 Å². The lowest BCUT2D eigenvalue weighted by Gasteiger charge is -2.10. The van der Waals surface area contributed by atoms with Crippen molar-refractivity contribution >= 4 is 28.7 Å². The van der Waals surface area contributed by atoms with Crippen LogP contribution in [0.2, 0.25) is 0 Å². The molecule has 0 saturated carbocycles. The molecule has 0 aromatic heterocycles. The highest BCUT2D eigenvalue weighted by Crippen LogP contribution is 2.29. The molecule has 0 N–H and O–H groups in total. The fraction of sp³-hybridized carbons (Fsp3) is 0.121. The Morgan fingerprint density at radius 1 is 0.732 bits per heavy atom. The lowest BCUT2D eigenvalue weighted by molar-refractivity contribution is -0.145. The van der Waals surface area contributed by atoms with Crippen LogP contribution in [0, 0.1) is 5.82 Å². The minimum Gasteiger partial charge on any atom is -0.457 e. The molecule has 0 bridgehead atoms. The van der Waals surface area contributed by atoms with Crippen LogP contribution in [0.5, 0.6) is 11.5 Å². The summed E-state index contributed by atoms with van der Waals surface area (Å²) in [5, 5.41) is 1.47. The van der Waals surface area contributed by atoms with E-state index < -0.39 is 23.7 Å². The minimum atomic E-state index is -0.584. The first-order chi connectivity index (χ1) is 19.6. The van der Waals surface area contributed by atoms with E-state index >= 15 is 4.39 Å². The molecule has 4 aromatic rings. The monoisotopic (exact) mass is 554 g/mol. The van der Waals surface area contributed by atoms with E-state index in [1.165, 1.54) is 13.0 Å². The Labute approximate surface area is 236 Å². The van der Waals surface area contributed by atoms with Gasteiger partial charge in [-0.15, -0.1) is 0 Å². The molecular formula is C33H27FO7. The van der Waals surface area contributed by atoms with Gasteiger partial charge in [-0.3, -0.25) is 0 Å². The average molecular weight is 555 g/mol. The quantitative estimate of drug-likeness (QED) is 0.0908. The predicted octanol–water partition coefficient (Wildman–Crippen LogP) is 6.94. The summed E-state index contributed by atoms with van der Waals surface area (Å²) in [7, 11) is 0. The number of esters is 3. The highest BCUT2D eigenvalue weighted by atomic mass is 19.1. The van der Waals surface area contributed by atoms with E-state index in [9.17, 15) is 14.4 Å². The van der Waals surface area contributed by atoms with Crippen molar-refractivity contribution in [3.63, 3.8) is 0 Å². The SMILES string of the molecule is C=C(C)C(=O)OCOc1ccc(OC(=O)c2ccc(-c3cc4ccc(COC(=O)C(=C)C)cc4cc3F)cc2)cc1. The van der Waals surface area contributed by atoms with Gasteiger partial charge in [-0.25, -0.2) is 18.8 Å². The predicted molar refractivity (Wildman–Crippen MR) is 152 cm³/mol. The van der Waals surface area contributed by atoms with Crippen molar-refractivity contribution in [3.05, 3.63) is 120 Å². The highest BCUT2D eigenvalue weighted by molar-refractivity contribution is 5.93. The molecule has 0 heterocycles. The zero-order valence-electron chi connectivity index (χ0n) is 22.6. The molecule has 0 aliphatic rings. The largest absolute Gasteiger partial charge is 0.457 e. The third-order valence-electron chi connectivity index (χ3n) is 5.94. The van der Waals surface area contributed by atoms with Gasteiger partial charge in [0.2, 0.25) is 6.79 Å². The Balaban J connectivity index is 1.39. The van der Waals surface area contributed by atoms with Crippen LogP contribution in [0.3, 0.4) is 0 Å². The molecule has 4 rings (SSSR count). The van der Waals surface area contributed by atoms with Crippen molar-refractivity contribution in [3.8, 4) is 22.6 Å². The molecule has 0 fully saturated rings. The molecule has 41 heavy (non-hydrogen) atoms. The summed E-state index contributed by atoms with van der Waals surface area (Å²) >= 11 is 0. The lowest BCUT2D eigenvalue weighted by Crippen LogP contribution is -2.11. The number of fused-ring (bicyclic) bond motifs is 1. The van der Waals surface area contributed by atoms with Crippen molar-refractivity contribution in [1.29, 1.82) is 0 Å². The maximum atomic E-state index is 15.1. The topological polar surface area (TPSA) is 88.1 Å². The molecule has 4 aromatic carbocycles. The van der Waals surface area contributed by atoms with E-state index in [2.05, 4.69) is 13.2 Å². The molecule has 0 amide bonds. The van der Waals surface area contributed by atoms with Gasteiger partial charge in [0.15, 0.2) is 0 Å². The van der Waals surface area contributed by atoms with E-state index in [-0.39, 0.29) is 24.5 Å². The third-order valence-corrected chi connectivity index (χ3v) is 5.94. The number of halogens is 1. The molecular weight excluding hydrogens is 527 g/mol. The second kappa shape index (κ2) is 12.7. The Hall–Kier alpha value is -5.24. The van der Waals surface area contributed by atoms with E-state index in [1.807, 2.05) is 12.1 Å². The highest BCUT2D eigenvalue weighted by Gasteiger charge is 2.13. The van der Waals surface area contributed by atoms with Crippen LogP contribution in [0.4, 0.5) is 4.39 Å². The van der Waals surface area contributed by atoms with Gasteiger partial charge in [0, 0.05) is 16.7 Å². The number of benzene rings is 4. The van der Waals surface area contributed by atoms with Gasteiger partial charge in [0.25, 0.3) is 0 Å². The molecule has 0 saturated heterocycles. The van der Waals surface area contributed by atoms with Crippen LogP contribution in [0.15, 0.2) is 103 Å². The van der Waals surface area contributed by atoms with Gasteiger partial charge in [-0.2, -0.15) is 0 Å². The minimum absolute atomic E-state index is 0.0630. The van der Waals surface area contributed by atoms with Crippen LogP contribution in [0.1, 0.15) is 29.8 Å². The van der Waals surface area contributed by atoms with Crippen molar-refractivity contribution in [2.45, 2.75) is 20.5 Å². The number of ether oxygens (including phenoxy) is 4. The molecule has 0 aliphatic heterocycles. The third kappa shape index (κ3) is 7.45. The Morgan fingerprint density at radius 3 is 2.02 bits per heavy atom. The first kappa shape index (κ1) is 28.8. The van der Waals surface area contributed by atoms with Gasteiger partial charge < -0.3 is 18.9 Å². The first-order valence-corrected chi connectivity index (χ1v) is 12.5. The lowest BCUT2D eigenvalue weighted by atomic mass is 9.98. The number of carbonyl (C=O) groups is 3. The van der Waals surface area contributed by atoms with E-state index in [0.29, 0.717) is 33.6 Å². The van der Waals surface area contributed by atoms with Crippen molar-refractivity contribution in [2.24, 2.45) is 0 Å². The van der Waals surface area contributed by atoms with Gasteiger partial charge in [-0.1, -0.05) is 37.4 Å². The average Bonchev–Trinajstić information content (AvgIpc) is 2.96. The zero-order chi connectivity index (χ0) is 29.5. The number of carbonyl (C=O) groups excluding carboxylic acids is 3. The van der Waals surface area contributed by atoms with E-state index in [0.717, 1.165) is 10.9 Å². The molecule has 8 heteroatoms. The molecule has 0 aliphatic carbocycles. The molecule has 0 spiro atoms. The smallest absolute Gasteiger partial charge is 0.343 e. The number of rotatable bonds is 10. The standard InChI is InChI=1S/C33H27FO7/c1-20(2)31(35)38-18-22-5-6-25-16-29(30(34)17-26(25)15-22)23-7-9-24(10-8-23)33(37)41-28-13-11-27(12-14-28)39-19-40-32(36)21(3)4/h5-17H,1,3,18-19H2,2,4H3. The fourth-order valence-corrected chi connectivity index (χ4v) is 3.73. The Kier molecular flexibility index (Phi) is 8.94. The first-order valence-electron chi connectivity index (χ1n) is 12.5. The van der Waals surface area contributed by atoms with E-state index in [1.54, 1.807) is 67.6 Å². The van der Waals surface area contributed by atoms with Crippen LogP contribution in [-0.2, 0) is 25.7 Å². The summed E-state index contributed by atoms with van der Waals surface area (Å²) in [6.45, 7) is 9.93. The Morgan fingerprint density at radius 2 is 1.37 bits per heavy atom. The molecule has 208 valence electrons. The second-order valence-electron chi connectivity index (χ2n) is 9.28. The molecule has 0 unspecified atom stereocenters. The fourth-order valence-electron chi connectivity index (χ4n) is 3.73. The van der Waals surface area contributed by atoms with Gasteiger partial charge >= 0.3 is 17.9 Å². The van der Waals surface area contributed by atoms with Crippen molar-refractivity contribution < 1.29 is 37.7 Å². The summed E-state index contributed by atoms with van der Waals surface area (Å²) < 4.78 is 35.8. The molecule has 7 nitrogen and oxygen atoms in total. The van der Waals surface area contributed by atoms with E-state index in [4.69, 9.17) is 18.9 Å². The van der Waals surface area contributed by atoms with Crippen LogP contribution in [-0.4, -0.2) is 24.7 Å². The normalized spacial score (nSPS) is 10.5. The maximum absolute atomic E-state index is 15.1. The summed E-state index contributed by atoms with van der Waals surface area (Å²) in [5.41, 5.74) is 2.56. The van der Waals surface area contributed by atoms with Gasteiger partial charge in [0.05, 0.1) is 5.56 Å². The van der Waals surface area contributed by atoms with Gasteiger partial charge in [0.1, 0.15) is 23.9 Å².